The summed E-state index contributed by atoms with van der Waals surface area (Å²) in [5, 5.41) is 24.3. The Morgan fingerprint density at radius 2 is 1.62 bits per heavy atom. The first kappa shape index (κ1) is 29.3. The van der Waals surface area contributed by atoms with Crippen LogP contribution in [0.15, 0.2) is 29.2 Å². The lowest BCUT2D eigenvalue weighted by molar-refractivity contribution is -0.157. The fourth-order valence-electron chi connectivity index (χ4n) is 3.26. The molecule has 1 unspecified atom stereocenters. The van der Waals surface area contributed by atoms with E-state index in [-0.39, 0.29) is 30.3 Å². The highest BCUT2D eigenvalue weighted by atomic mass is 32.2. The SMILES string of the molecule is CNC(=O)C(CC(=O)OC(C)(C)C)NC(=O)[C@H](CC(C)C)[C@H](CSc1ccc(O)cc1)C(=O)O. The van der Waals surface area contributed by atoms with E-state index in [2.05, 4.69) is 10.6 Å². The van der Waals surface area contributed by atoms with Gasteiger partial charge in [-0.1, -0.05) is 13.8 Å². The zero-order valence-corrected chi connectivity index (χ0v) is 21.4. The monoisotopic (exact) mass is 496 g/mol. The van der Waals surface area contributed by atoms with Crippen molar-refractivity contribution in [3.05, 3.63) is 24.3 Å². The number of phenolic OH excluding ortho intramolecular Hbond substituents is 1. The Balaban J connectivity index is 3.06. The zero-order valence-electron chi connectivity index (χ0n) is 20.6. The standard InChI is InChI=1S/C24H36N2O7S/c1-14(2)11-17(18(23(31)32)13-34-16-9-7-15(27)8-10-16)21(29)26-19(22(30)25-6)12-20(28)33-24(3,4)5/h7-10,14,17-19,27H,11-13H2,1-6H3,(H,25,30)(H,26,29)(H,31,32)/t17-,18+,19?/m1/s1. The largest absolute Gasteiger partial charge is 0.508 e. The summed E-state index contributed by atoms with van der Waals surface area (Å²) in [5.41, 5.74) is -0.756. The van der Waals surface area contributed by atoms with Crippen molar-refractivity contribution in [2.24, 2.45) is 17.8 Å². The number of amides is 2. The predicted molar refractivity (Wildman–Crippen MR) is 129 cm³/mol. The fraction of sp³-hybridized carbons (Fsp3) is 0.583. The van der Waals surface area contributed by atoms with E-state index in [1.807, 2.05) is 13.8 Å². The summed E-state index contributed by atoms with van der Waals surface area (Å²) in [4.78, 5) is 50.7. The minimum atomic E-state index is -1.19. The Labute approximate surface area is 205 Å². The van der Waals surface area contributed by atoms with Crippen molar-refractivity contribution in [3.8, 4) is 5.75 Å². The first-order chi connectivity index (χ1) is 15.7. The molecule has 190 valence electrons. The van der Waals surface area contributed by atoms with Gasteiger partial charge >= 0.3 is 11.9 Å². The Morgan fingerprint density at radius 3 is 2.09 bits per heavy atom. The number of rotatable bonds is 12. The molecule has 0 heterocycles. The first-order valence-corrected chi connectivity index (χ1v) is 12.1. The molecule has 0 aliphatic heterocycles. The van der Waals surface area contributed by atoms with Crippen molar-refractivity contribution in [2.45, 2.75) is 64.0 Å². The maximum atomic E-state index is 13.2. The van der Waals surface area contributed by atoms with Crippen LogP contribution in [-0.4, -0.2) is 58.4 Å². The van der Waals surface area contributed by atoms with Gasteiger partial charge in [-0.05, 0) is 57.4 Å². The van der Waals surface area contributed by atoms with Crippen molar-refractivity contribution in [2.75, 3.05) is 12.8 Å². The minimum absolute atomic E-state index is 0.0144. The van der Waals surface area contributed by atoms with E-state index in [1.54, 1.807) is 32.9 Å². The summed E-state index contributed by atoms with van der Waals surface area (Å²) in [6, 6.07) is 5.14. The van der Waals surface area contributed by atoms with Crippen LogP contribution in [0, 0.1) is 17.8 Å². The topological polar surface area (TPSA) is 142 Å². The van der Waals surface area contributed by atoms with Crippen LogP contribution >= 0.6 is 11.8 Å². The summed E-state index contributed by atoms with van der Waals surface area (Å²) in [6.07, 6.45) is -0.0943. The number of hydrogen-bond donors (Lipinski definition) is 4. The van der Waals surface area contributed by atoms with Crippen molar-refractivity contribution in [1.82, 2.24) is 10.6 Å². The van der Waals surface area contributed by atoms with E-state index in [4.69, 9.17) is 4.74 Å². The quantitative estimate of drug-likeness (QED) is 0.256. The second-order valence-corrected chi connectivity index (χ2v) is 10.5. The van der Waals surface area contributed by atoms with E-state index >= 15 is 0 Å². The number of aliphatic carboxylic acids is 1. The number of benzene rings is 1. The molecule has 34 heavy (non-hydrogen) atoms. The lowest BCUT2D eigenvalue weighted by Gasteiger charge is -2.27. The smallest absolute Gasteiger partial charge is 0.308 e. The third-order valence-corrected chi connectivity index (χ3v) is 5.93. The second-order valence-electron chi connectivity index (χ2n) is 9.45. The summed E-state index contributed by atoms with van der Waals surface area (Å²) in [7, 11) is 1.39. The molecule has 0 aromatic heterocycles. The Kier molecular flexibility index (Phi) is 11.4. The Bertz CT molecular complexity index is 850. The first-order valence-electron chi connectivity index (χ1n) is 11.1. The van der Waals surface area contributed by atoms with Gasteiger partial charge in [0.15, 0.2) is 0 Å². The number of thioether (sulfide) groups is 1. The third-order valence-electron chi connectivity index (χ3n) is 4.80. The molecule has 4 N–H and O–H groups in total. The molecular formula is C24H36N2O7S. The Morgan fingerprint density at radius 1 is 1.03 bits per heavy atom. The molecule has 0 aliphatic rings. The van der Waals surface area contributed by atoms with Crippen LogP contribution in [0.2, 0.25) is 0 Å². The van der Waals surface area contributed by atoms with Crippen LogP contribution in [0.25, 0.3) is 0 Å². The highest BCUT2D eigenvalue weighted by Crippen LogP contribution is 2.29. The van der Waals surface area contributed by atoms with Gasteiger partial charge in [0, 0.05) is 17.7 Å². The number of phenols is 1. The Hall–Kier alpha value is -2.75. The van der Waals surface area contributed by atoms with E-state index in [1.165, 1.54) is 30.9 Å². The molecule has 9 nitrogen and oxygen atoms in total. The minimum Gasteiger partial charge on any atom is -0.508 e. The summed E-state index contributed by atoms with van der Waals surface area (Å²) >= 11 is 1.26. The fourth-order valence-corrected chi connectivity index (χ4v) is 4.34. The molecule has 0 radical (unpaired) electrons. The number of carbonyl (C=O) groups is 4. The molecule has 0 spiro atoms. The number of carboxylic acid groups (broad SMARTS) is 1. The lowest BCUT2D eigenvalue weighted by atomic mass is 9.85. The molecule has 0 bridgehead atoms. The van der Waals surface area contributed by atoms with Gasteiger partial charge in [0.2, 0.25) is 11.8 Å². The van der Waals surface area contributed by atoms with Crippen LogP contribution in [-0.2, 0) is 23.9 Å². The summed E-state index contributed by atoms with van der Waals surface area (Å²) in [6.45, 7) is 8.84. The highest BCUT2D eigenvalue weighted by molar-refractivity contribution is 7.99. The van der Waals surface area contributed by atoms with Crippen LogP contribution in [0.4, 0.5) is 0 Å². The molecule has 10 heteroatoms. The van der Waals surface area contributed by atoms with Crippen molar-refractivity contribution in [3.63, 3.8) is 0 Å². The van der Waals surface area contributed by atoms with Gasteiger partial charge in [-0.2, -0.15) is 0 Å². The van der Waals surface area contributed by atoms with Gasteiger partial charge in [-0.3, -0.25) is 19.2 Å². The van der Waals surface area contributed by atoms with Gasteiger partial charge in [0.25, 0.3) is 0 Å². The molecule has 1 aromatic rings. The van der Waals surface area contributed by atoms with Crippen molar-refractivity contribution >= 4 is 35.5 Å². The van der Waals surface area contributed by atoms with Crippen LogP contribution < -0.4 is 10.6 Å². The number of hydrogen-bond acceptors (Lipinski definition) is 7. The maximum Gasteiger partial charge on any atom is 0.308 e. The highest BCUT2D eigenvalue weighted by Gasteiger charge is 2.36. The molecule has 0 fully saturated rings. The van der Waals surface area contributed by atoms with Crippen LogP contribution in [0.3, 0.4) is 0 Å². The zero-order chi connectivity index (χ0) is 26.1. The van der Waals surface area contributed by atoms with Gasteiger partial charge in [-0.25, -0.2) is 0 Å². The lowest BCUT2D eigenvalue weighted by Crippen LogP contribution is -2.51. The molecule has 0 aliphatic carbocycles. The van der Waals surface area contributed by atoms with Crippen LogP contribution in [0.5, 0.6) is 5.75 Å². The number of carboxylic acids is 1. The summed E-state index contributed by atoms with van der Waals surface area (Å²) < 4.78 is 5.27. The van der Waals surface area contributed by atoms with Gasteiger partial charge in [0.1, 0.15) is 17.4 Å². The van der Waals surface area contributed by atoms with Crippen LogP contribution in [0.1, 0.15) is 47.5 Å². The third kappa shape index (κ3) is 10.5. The maximum absolute atomic E-state index is 13.2. The molecule has 2 amide bonds. The normalized spacial score (nSPS) is 14.1. The molecule has 1 aromatic carbocycles. The van der Waals surface area contributed by atoms with E-state index in [0.29, 0.717) is 0 Å². The van der Waals surface area contributed by atoms with E-state index < -0.39 is 47.2 Å². The van der Waals surface area contributed by atoms with Gasteiger partial charge in [0.05, 0.1) is 18.3 Å². The number of nitrogens with one attached hydrogen (secondary N) is 2. The second kappa shape index (κ2) is 13.2. The number of aromatic hydroxyl groups is 1. The molecule has 1 rings (SSSR count). The number of likely N-dealkylation sites (N-methyl/N-ethyl adjacent to an activating group) is 1. The molecule has 0 saturated heterocycles. The average molecular weight is 497 g/mol. The van der Waals surface area contributed by atoms with E-state index in [9.17, 15) is 29.4 Å². The number of esters is 1. The van der Waals surface area contributed by atoms with Crippen molar-refractivity contribution in [1.29, 1.82) is 0 Å². The average Bonchev–Trinajstić information content (AvgIpc) is 2.71. The predicted octanol–water partition coefficient (Wildman–Crippen LogP) is 2.81. The van der Waals surface area contributed by atoms with Gasteiger partial charge in [-0.15, -0.1) is 11.8 Å². The van der Waals surface area contributed by atoms with Crippen molar-refractivity contribution < 1.29 is 34.1 Å². The van der Waals surface area contributed by atoms with Gasteiger partial charge < -0.3 is 25.6 Å². The number of carbonyl (C=O) groups excluding carboxylic acids is 3. The summed E-state index contributed by atoms with van der Waals surface area (Å²) in [5.74, 6) is -4.70. The molecule has 3 atom stereocenters. The molecular weight excluding hydrogens is 460 g/mol. The number of ether oxygens (including phenoxy) is 1. The molecule has 0 saturated carbocycles. The van der Waals surface area contributed by atoms with E-state index in [0.717, 1.165) is 4.90 Å².